The van der Waals surface area contributed by atoms with Crippen LogP contribution in [0.15, 0.2) is 66.9 Å². The summed E-state index contributed by atoms with van der Waals surface area (Å²) in [4.78, 5) is 25.0. The van der Waals surface area contributed by atoms with Crippen molar-refractivity contribution in [1.82, 2.24) is 10.3 Å². The molecular formula is C22H26N4O3. The number of pyridine rings is 1. The topological polar surface area (TPSA) is 131 Å². The summed E-state index contributed by atoms with van der Waals surface area (Å²) >= 11 is 0. The highest BCUT2D eigenvalue weighted by Crippen LogP contribution is 2.09. The van der Waals surface area contributed by atoms with E-state index < -0.39 is 11.9 Å². The van der Waals surface area contributed by atoms with E-state index in [9.17, 15) is 9.59 Å². The molecule has 0 spiro atoms. The number of para-hydroxylation sites is 2. The van der Waals surface area contributed by atoms with Crippen molar-refractivity contribution in [3.63, 3.8) is 0 Å². The number of nitrogens with one attached hydrogen (secondary N) is 1. The maximum atomic E-state index is 10.6. The van der Waals surface area contributed by atoms with E-state index in [1.165, 1.54) is 5.39 Å². The van der Waals surface area contributed by atoms with Gasteiger partial charge in [0.15, 0.2) is 0 Å². The lowest BCUT2D eigenvalue weighted by Crippen LogP contribution is -2.40. The summed E-state index contributed by atoms with van der Waals surface area (Å²) in [6, 6.07) is 18.5. The fourth-order valence-corrected chi connectivity index (χ4v) is 2.80. The number of carbonyl (C=O) groups excluding carboxylic acids is 1. The van der Waals surface area contributed by atoms with Gasteiger partial charge in [0.1, 0.15) is 6.04 Å². The quantitative estimate of drug-likeness (QED) is 0.494. The second kappa shape index (κ2) is 11.4. The molecule has 6 N–H and O–H groups in total. The molecule has 0 radical (unpaired) electrons. The first-order chi connectivity index (χ1) is 14.0. The van der Waals surface area contributed by atoms with Gasteiger partial charge in [0.25, 0.3) is 5.91 Å². The van der Waals surface area contributed by atoms with Crippen molar-refractivity contribution in [3.8, 4) is 0 Å². The number of carboxylic acids is 1. The number of nitrogens with zero attached hydrogens (tertiary/aromatic N) is 1. The van der Waals surface area contributed by atoms with Crippen LogP contribution in [0.4, 0.5) is 5.69 Å². The van der Waals surface area contributed by atoms with E-state index in [1.807, 2.05) is 30.5 Å². The number of nitrogens with two attached hydrogens (primary N) is 2. The number of nitrogen functional groups attached to an aromatic ring is 1. The number of fused-ring (bicyclic) bond motifs is 1. The van der Waals surface area contributed by atoms with Crippen molar-refractivity contribution in [2.45, 2.75) is 25.3 Å². The molecule has 0 saturated carbocycles. The Hall–Kier alpha value is -3.45. The molecular weight excluding hydrogens is 368 g/mol. The standard InChI is InChI=1S/C9H7N.C7H8N2O.C6H11NO2/c1-2-6-9-8(4-1)5-3-7-10-9;8-6-4-2-1-3-5(6)7(9)10;8-6(9)5-3-1-2-4-7-5/h1-7H;1-4H,8H2,(H2,9,10);5,7H,1-4H2,(H,8,9). The minimum atomic E-state index is -0.713. The number of aromatic nitrogens is 1. The summed E-state index contributed by atoms with van der Waals surface area (Å²) in [5.74, 6) is -1.20. The Morgan fingerprint density at radius 1 is 1.00 bits per heavy atom. The number of aliphatic carboxylic acids is 1. The van der Waals surface area contributed by atoms with Crippen LogP contribution in [0.25, 0.3) is 10.9 Å². The normalized spacial score (nSPS) is 15.2. The zero-order valence-electron chi connectivity index (χ0n) is 16.1. The molecule has 29 heavy (non-hydrogen) atoms. The number of amides is 1. The molecule has 1 saturated heterocycles. The number of hydrogen-bond acceptors (Lipinski definition) is 5. The molecule has 3 aromatic rings. The molecule has 7 heteroatoms. The predicted molar refractivity (Wildman–Crippen MR) is 114 cm³/mol. The minimum absolute atomic E-state index is 0.279. The third kappa shape index (κ3) is 7.23. The highest BCUT2D eigenvalue weighted by atomic mass is 16.4. The lowest BCUT2D eigenvalue weighted by atomic mass is 10.1. The zero-order valence-corrected chi connectivity index (χ0v) is 16.1. The average Bonchev–Trinajstić information content (AvgIpc) is 2.75. The first-order valence-corrected chi connectivity index (χ1v) is 9.39. The van der Waals surface area contributed by atoms with Crippen LogP contribution >= 0.6 is 0 Å². The molecule has 1 aliphatic heterocycles. The number of hydrogen-bond donors (Lipinski definition) is 4. The SMILES string of the molecule is NC(=O)c1ccccc1N.O=C(O)C1CCCCN1.c1ccc2ncccc2c1. The Kier molecular flexibility index (Phi) is 8.59. The first kappa shape index (κ1) is 21.8. The third-order valence-corrected chi connectivity index (χ3v) is 4.35. The summed E-state index contributed by atoms with van der Waals surface area (Å²) in [6.45, 7) is 0.858. The van der Waals surface area contributed by atoms with Gasteiger partial charge in [-0.25, -0.2) is 0 Å². The maximum absolute atomic E-state index is 10.6. The number of carboxylic acid groups (broad SMARTS) is 1. The van der Waals surface area contributed by atoms with Gasteiger partial charge >= 0.3 is 5.97 Å². The van der Waals surface area contributed by atoms with E-state index in [0.29, 0.717) is 11.3 Å². The van der Waals surface area contributed by atoms with Crippen molar-refractivity contribution in [2.75, 3.05) is 12.3 Å². The van der Waals surface area contributed by atoms with Gasteiger partial charge in [-0.1, -0.05) is 42.8 Å². The van der Waals surface area contributed by atoms with Crippen molar-refractivity contribution in [2.24, 2.45) is 5.73 Å². The molecule has 7 nitrogen and oxygen atoms in total. The summed E-state index contributed by atoms with van der Waals surface area (Å²) in [5, 5.41) is 12.6. The number of benzene rings is 2. The fourth-order valence-electron chi connectivity index (χ4n) is 2.80. The minimum Gasteiger partial charge on any atom is -0.480 e. The van der Waals surface area contributed by atoms with Crippen LogP contribution in [0, 0.1) is 0 Å². The molecule has 2 heterocycles. The first-order valence-electron chi connectivity index (χ1n) is 9.39. The molecule has 0 bridgehead atoms. The van der Waals surface area contributed by atoms with Crippen LogP contribution in [-0.4, -0.2) is 34.6 Å². The molecule has 2 aromatic carbocycles. The monoisotopic (exact) mass is 394 g/mol. The van der Waals surface area contributed by atoms with Crippen LogP contribution in [0.5, 0.6) is 0 Å². The highest BCUT2D eigenvalue weighted by molar-refractivity contribution is 5.97. The van der Waals surface area contributed by atoms with E-state index in [4.69, 9.17) is 16.6 Å². The van der Waals surface area contributed by atoms with Crippen molar-refractivity contribution >= 4 is 28.5 Å². The largest absolute Gasteiger partial charge is 0.480 e. The van der Waals surface area contributed by atoms with E-state index in [1.54, 1.807) is 24.3 Å². The predicted octanol–water partition coefficient (Wildman–Crippen LogP) is 2.82. The zero-order chi connectivity index (χ0) is 21.1. The van der Waals surface area contributed by atoms with Gasteiger partial charge in [-0.15, -0.1) is 0 Å². The average molecular weight is 394 g/mol. The van der Waals surface area contributed by atoms with Crippen LogP contribution in [0.2, 0.25) is 0 Å². The van der Waals surface area contributed by atoms with Crippen LogP contribution in [-0.2, 0) is 4.79 Å². The van der Waals surface area contributed by atoms with E-state index >= 15 is 0 Å². The molecule has 1 unspecified atom stereocenters. The Morgan fingerprint density at radius 3 is 2.24 bits per heavy atom. The van der Waals surface area contributed by atoms with Gasteiger partial charge < -0.3 is 21.9 Å². The summed E-state index contributed by atoms with van der Waals surface area (Å²) in [6.07, 6.45) is 4.76. The van der Waals surface area contributed by atoms with Gasteiger partial charge in [-0.05, 0) is 43.7 Å². The summed E-state index contributed by atoms with van der Waals surface area (Å²) < 4.78 is 0. The van der Waals surface area contributed by atoms with Crippen molar-refractivity contribution < 1.29 is 14.7 Å². The van der Waals surface area contributed by atoms with Crippen LogP contribution < -0.4 is 16.8 Å². The molecule has 1 aliphatic rings. The molecule has 152 valence electrons. The van der Waals surface area contributed by atoms with Gasteiger partial charge in [-0.3, -0.25) is 14.6 Å². The van der Waals surface area contributed by atoms with E-state index in [2.05, 4.69) is 22.4 Å². The highest BCUT2D eigenvalue weighted by Gasteiger charge is 2.18. The summed E-state index contributed by atoms with van der Waals surface area (Å²) in [5.41, 5.74) is 12.3. The number of rotatable bonds is 2. The second-order valence-corrected chi connectivity index (χ2v) is 6.49. The molecule has 0 aliphatic carbocycles. The number of anilines is 1. The van der Waals surface area contributed by atoms with E-state index in [0.717, 1.165) is 31.3 Å². The molecule has 1 amide bonds. The smallest absolute Gasteiger partial charge is 0.320 e. The van der Waals surface area contributed by atoms with Crippen molar-refractivity contribution in [3.05, 3.63) is 72.4 Å². The van der Waals surface area contributed by atoms with Gasteiger partial charge in [-0.2, -0.15) is 0 Å². The van der Waals surface area contributed by atoms with Gasteiger partial charge in [0.05, 0.1) is 11.1 Å². The van der Waals surface area contributed by atoms with Gasteiger partial charge in [0.2, 0.25) is 0 Å². The van der Waals surface area contributed by atoms with Crippen molar-refractivity contribution in [1.29, 1.82) is 0 Å². The Balaban J connectivity index is 0.000000156. The lowest BCUT2D eigenvalue weighted by Gasteiger charge is -2.18. The maximum Gasteiger partial charge on any atom is 0.320 e. The number of carbonyl (C=O) groups is 2. The lowest BCUT2D eigenvalue weighted by molar-refractivity contribution is -0.140. The van der Waals surface area contributed by atoms with Crippen LogP contribution in [0.1, 0.15) is 29.6 Å². The summed E-state index contributed by atoms with van der Waals surface area (Å²) in [7, 11) is 0. The Morgan fingerprint density at radius 2 is 1.69 bits per heavy atom. The Labute approximate surface area is 169 Å². The molecule has 1 aromatic heterocycles. The third-order valence-electron chi connectivity index (χ3n) is 4.35. The number of primary amides is 1. The second-order valence-electron chi connectivity index (χ2n) is 6.49. The fraction of sp³-hybridized carbons (Fsp3) is 0.227. The van der Waals surface area contributed by atoms with E-state index in [-0.39, 0.29) is 6.04 Å². The number of piperidine rings is 1. The Bertz CT molecular complexity index is 875. The van der Waals surface area contributed by atoms with Gasteiger partial charge in [0, 0.05) is 17.3 Å². The molecule has 4 rings (SSSR count). The van der Waals surface area contributed by atoms with Crippen LogP contribution in [0.3, 0.4) is 0 Å². The molecule has 1 fully saturated rings. The molecule has 1 atom stereocenters.